The molecule has 0 aliphatic carbocycles. The predicted molar refractivity (Wildman–Crippen MR) is 96.2 cm³/mol. The van der Waals surface area contributed by atoms with Crippen molar-refractivity contribution in [2.45, 2.75) is 24.8 Å². The lowest BCUT2D eigenvalue weighted by Gasteiger charge is -2.46. The summed E-state index contributed by atoms with van der Waals surface area (Å²) in [6, 6.07) is 5.13. The molecule has 7 nitrogen and oxygen atoms in total. The maximum absolute atomic E-state index is 12.3. The maximum atomic E-state index is 12.3. The first-order valence-corrected chi connectivity index (χ1v) is 10.4. The van der Waals surface area contributed by atoms with E-state index >= 15 is 0 Å². The summed E-state index contributed by atoms with van der Waals surface area (Å²) in [5.41, 5.74) is 0.949. The van der Waals surface area contributed by atoms with Gasteiger partial charge in [0.1, 0.15) is 0 Å². The van der Waals surface area contributed by atoms with Gasteiger partial charge in [-0.3, -0.25) is 4.79 Å². The Morgan fingerprint density at radius 2 is 2.04 bits per heavy atom. The van der Waals surface area contributed by atoms with Gasteiger partial charge in [0.25, 0.3) is 5.56 Å². The Morgan fingerprint density at radius 3 is 2.72 bits per heavy atom. The Balaban J connectivity index is 1.72. The molecule has 0 radical (unpaired) electrons. The zero-order valence-electron chi connectivity index (χ0n) is 14.8. The van der Waals surface area contributed by atoms with Crippen LogP contribution in [0.5, 0.6) is 0 Å². The minimum absolute atomic E-state index is 0.0445. The number of hydrogen-bond acceptors (Lipinski definition) is 5. The number of aromatic nitrogens is 1. The van der Waals surface area contributed by atoms with E-state index in [2.05, 4.69) is 4.90 Å². The predicted octanol–water partition coefficient (Wildman–Crippen LogP) is 0.0823. The molecular formula is C17H27N3O4S. The first kappa shape index (κ1) is 18.6. The standard InChI is InChI=1S/C17H27N3O4S/c1-18(2)25(23,24)8-4-7-19-10-13-9-14(11-19)16(12-21)20-15(13)5-3-6-17(20)22/h3,5-6,13-14,16,21H,4,7-12H2,1-2H3/t13-,14+,16+/m1/s1. The van der Waals surface area contributed by atoms with Crippen LogP contribution >= 0.6 is 0 Å². The van der Waals surface area contributed by atoms with Crippen molar-refractivity contribution in [3.8, 4) is 0 Å². The van der Waals surface area contributed by atoms with Crippen LogP contribution in [0.15, 0.2) is 23.0 Å². The fraction of sp³-hybridized carbons (Fsp3) is 0.706. The van der Waals surface area contributed by atoms with Gasteiger partial charge in [0.05, 0.1) is 18.4 Å². The smallest absolute Gasteiger partial charge is 0.251 e. The molecular weight excluding hydrogens is 342 g/mol. The van der Waals surface area contributed by atoms with Gasteiger partial charge in [-0.1, -0.05) is 6.07 Å². The zero-order valence-corrected chi connectivity index (χ0v) is 15.7. The first-order chi connectivity index (χ1) is 11.8. The quantitative estimate of drug-likeness (QED) is 0.768. The Kier molecular flexibility index (Phi) is 5.34. The molecule has 2 aliphatic rings. The van der Waals surface area contributed by atoms with Crippen LogP contribution in [0.25, 0.3) is 0 Å². The summed E-state index contributed by atoms with van der Waals surface area (Å²) in [6.45, 7) is 2.30. The van der Waals surface area contributed by atoms with Gasteiger partial charge in [0.2, 0.25) is 10.0 Å². The van der Waals surface area contributed by atoms with Crippen molar-refractivity contribution in [1.82, 2.24) is 13.8 Å². The number of hydrogen-bond donors (Lipinski definition) is 1. The molecule has 3 rings (SSSR count). The third-order valence-electron chi connectivity index (χ3n) is 5.49. The second-order valence-corrected chi connectivity index (χ2v) is 9.62. The van der Waals surface area contributed by atoms with E-state index in [1.165, 1.54) is 4.31 Å². The minimum Gasteiger partial charge on any atom is -0.394 e. The summed E-state index contributed by atoms with van der Waals surface area (Å²) in [4.78, 5) is 14.5. The zero-order chi connectivity index (χ0) is 18.2. The maximum Gasteiger partial charge on any atom is 0.251 e. The molecule has 0 unspecified atom stereocenters. The van der Waals surface area contributed by atoms with E-state index in [-0.39, 0.29) is 35.8 Å². The van der Waals surface area contributed by atoms with E-state index in [0.717, 1.165) is 31.7 Å². The van der Waals surface area contributed by atoms with Crippen LogP contribution in [0.1, 0.15) is 30.5 Å². The molecule has 2 bridgehead atoms. The minimum atomic E-state index is -3.17. The number of nitrogens with zero attached hydrogens (tertiary/aromatic N) is 3. The van der Waals surface area contributed by atoms with E-state index in [1.807, 2.05) is 6.07 Å². The number of aliphatic hydroxyl groups excluding tert-OH is 1. The third-order valence-corrected chi connectivity index (χ3v) is 7.41. The van der Waals surface area contributed by atoms with Crippen molar-refractivity contribution in [3.63, 3.8) is 0 Å². The molecule has 1 N–H and O–H groups in total. The SMILES string of the molecule is CN(C)S(=O)(=O)CCCN1C[C@H]2C[C@@H](C1)[C@H](CO)n1c2cccc1=O. The molecule has 25 heavy (non-hydrogen) atoms. The number of rotatable bonds is 6. The van der Waals surface area contributed by atoms with E-state index in [1.54, 1.807) is 30.8 Å². The first-order valence-electron chi connectivity index (χ1n) is 8.78. The van der Waals surface area contributed by atoms with Crippen LogP contribution in [0.3, 0.4) is 0 Å². The van der Waals surface area contributed by atoms with E-state index in [0.29, 0.717) is 6.42 Å². The molecule has 1 fully saturated rings. The van der Waals surface area contributed by atoms with Gasteiger partial charge in [-0.25, -0.2) is 12.7 Å². The second kappa shape index (κ2) is 7.19. The third kappa shape index (κ3) is 3.67. The number of likely N-dealkylation sites (tertiary alicyclic amines) is 1. The van der Waals surface area contributed by atoms with Gasteiger partial charge in [0, 0.05) is 44.9 Å². The Bertz CT molecular complexity index is 774. The van der Waals surface area contributed by atoms with Crippen molar-refractivity contribution in [1.29, 1.82) is 0 Å². The molecule has 0 spiro atoms. The average Bonchev–Trinajstić information content (AvgIpc) is 2.56. The van der Waals surface area contributed by atoms with Gasteiger partial charge in [-0.15, -0.1) is 0 Å². The largest absolute Gasteiger partial charge is 0.394 e. The van der Waals surface area contributed by atoms with Crippen molar-refractivity contribution < 1.29 is 13.5 Å². The van der Waals surface area contributed by atoms with Crippen molar-refractivity contribution >= 4 is 10.0 Å². The normalized spacial score (nSPS) is 26.6. The summed E-state index contributed by atoms with van der Waals surface area (Å²) in [5.74, 6) is 0.633. The summed E-state index contributed by atoms with van der Waals surface area (Å²) < 4.78 is 26.8. The lowest BCUT2D eigenvalue weighted by atomic mass is 9.78. The Hall–Kier alpha value is -1.22. The summed E-state index contributed by atoms with van der Waals surface area (Å²) in [6.07, 6.45) is 1.56. The average molecular weight is 369 g/mol. The van der Waals surface area contributed by atoms with Crippen LogP contribution in [0, 0.1) is 5.92 Å². The Morgan fingerprint density at radius 1 is 1.28 bits per heavy atom. The molecule has 3 atom stereocenters. The molecule has 1 saturated heterocycles. The lowest BCUT2D eigenvalue weighted by Crippen LogP contribution is -2.50. The molecule has 0 aromatic carbocycles. The highest BCUT2D eigenvalue weighted by Gasteiger charge is 2.40. The van der Waals surface area contributed by atoms with Crippen molar-refractivity contribution in [3.05, 3.63) is 34.2 Å². The summed E-state index contributed by atoms with van der Waals surface area (Å²) >= 11 is 0. The van der Waals surface area contributed by atoms with Crippen molar-refractivity contribution in [2.24, 2.45) is 5.92 Å². The molecule has 140 valence electrons. The second-order valence-electron chi connectivity index (χ2n) is 7.31. The molecule has 3 heterocycles. The number of fused-ring (bicyclic) bond motifs is 4. The van der Waals surface area contributed by atoms with Crippen LogP contribution < -0.4 is 5.56 Å². The van der Waals surface area contributed by atoms with E-state index in [9.17, 15) is 18.3 Å². The van der Waals surface area contributed by atoms with Crippen LogP contribution in [-0.4, -0.2) is 73.4 Å². The lowest BCUT2D eigenvalue weighted by molar-refractivity contribution is 0.0619. The highest BCUT2D eigenvalue weighted by atomic mass is 32.2. The fourth-order valence-corrected chi connectivity index (χ4v) is 5.07. The number of pyridine rings is 1. The van der Waals surface area contributed by atoms with Crippen LogP contribution in [-0.2, 0) is 10.0 Å². The summed E-state index contributed by atoms with van der Waals surface area (Å²) in [5, 5.41) is 9.84. The Labute approximate surface area is 148 Å². The molecule has 1 aromatic heterocycles. The number of aliphatic hydroxyl groups is 1. The number of piperidine rings is 1. The van der Waals surface area contributed by atoms with Crippen molar-refractivity contribution in [2.75, 3.05) is 46.1 Å². The van der Waals surface area contributed by atoms with Gasteiger partial charge < -0.3 is 14.6 Å². The summed E-state index contributed by atoms with van der Waals surface area (Å²) in [7, 11) is -0.0528. The fourth-order valence-electron chi connectivity index (χ4n) is 4.21. The number of sulfonamides is 1. The molecule has 0 amide bonds. The van der Waals surface area contributed by atoms with Gasteiger partial charge in [0.15, 0.2) is 0 Å². The molecule has 2 aliphatic heterocycles. The van der Waals surface area contributed by atoms with Gasteiger partial charge >= 0.3 is 0 Å². The van der Waals surface area contributed by atoms with Crippen LogP contribution in [0.4, 0.5) is 0 Å². The molecule has 1 aromatic rings. The molecule has 8 heteroatoms. The topological polar surface area (TPSA) is 82.8 Å². The highest BCUT2D eigenvalue weighted by molar-refractivity contribution is 7.89. The highest BCUT2D eigenvalue weighted by Crippen LogP contribution is 2.40. The van der Waals surface area contributed by atoms with Gasteiger partial charge in [-0.05, 0) is 31.4 Å². The van der Waals surface area contributed by atoms with Crippen LogP contribution in [0.2, 0.25) is 0 Å². The monoisotopic (exact) mass is 369 g/mol. The van der Waals surface area contributed by atoms with E-state index < -0.39 is 10.0 Å². The van der Waals surface area contributed by atoms with Gasteiger partial charge in [-0.2, -0.15) is 0 Å². The molecule has 0 saturated carbocycles. The van der Waals surface area contributed by atoms with E-state index in [4.69, 9.17) is 0 Å².